The third-order valence-corrected chi connectivity index (χ3v) is 3.21. The van der Waals surface area contributed by atoms with Gasteiger partial charge in [-0.15, -0.1) is 6.42 Å². The van der Waals surface area contributed by atoms with Crippen molar-refractivity contribution in [2.75, 3.05) is 24.7 Å². The average molecular weight is 338 g/mol. The lowest BCUT2D eigenvalue weighted by Gasteiger charge is -2.25. The third-order valence-electron chi connectivity index (χ3n) is 2.97. The van der Waals surface area contributed by atoms with Crippen molar-refractivity contribution < 1.29 is 18.9 Å². The highest BCUT2D eigenvalue weighted by atomic mass is 31.1. The van der Waals surface area contributed by atoms with Gasteiger partial charge in [-0.3, -0.25) is 9.09 Å². The molecule has 0 aliphatic carbocycles. The van der Waals surface area contributed by atoms with E-state index in [0.29, 0.717) is 17.0 Å². The molecule has 122 valence electrons. The van der Waals surface area contributed by atoms with E-state index < -0.39 is 27.3 Å². The number of nitrogens with one attached hydrogen (secondary N) is 1. The molecule has 0 radical (unpaired) electrons. The van der Waals surface area contributed by atoms with Crippen LogP contribution >= 0.6 is 8.69 Å². The van der Waals surface area contributed by atoms with E-state index in [9.17, 15) is 9.67 Å². The number of nitrogens with zero attached hydrogens (tertiary/aromatic N) is 4. The van der Waals surface area contributed by atoms with Crippen LogP contribution in [-0.2, 0) is 13.8 Å². The molecule has 0 fully saturated rings. The zero-order chi connectivity index (χ0) is 17.0. The number of nitrogens with two attached hydrogens (primary N) is 1. The molecule has 0 aliphatic rings. The van der Waals surface area contributed by atoms with Crippen molar-refractivity contribution in [2.45, 2.75) is 18.9 Å². The molecular weight excluding hydrogens is 323 g/mol. The van der Waals surface area contributed by atoms with Crippen LogP contribution in [0.3, 0.4) is 0 Å². The zero-order valence-corrected chi connectivity index (χ0v) is 13.3. The third kappa shape index (κ3) is 3.55. The molecule has 0 spiro atoms. The first-order valence-electron chi connectivity index (χ1n) is 6.44. The van der Waals surface area contributed by atoms with Gasteiger partial charge in [-0.25, -0.2) is 9.55 Å². The van der Waals surface area contributed by atoms with Gasteiger partial charge in [0.25, 0.3) is 5.79 Å². The van der Waals surface area contributed by atoms with E-state index in [1.54, 1.807) is 14.0 Å². The standard InChI is InChI=1S/C12H15N6O4P/c1-4-12(19,5-21-23-20)22-7(2)18-6-15-8-9(14-3)16-11(13)17-10(8)18/h1,6-7,19H,5H2,2-3H3,(H3,13,14,16,17)/t7-,12+/m1/s1. The second-order valence-corrected chi connectivity index (χ2v) is 4.91. The number of terminal acetylenes is 1. The van der Waals surface area contributed by atoms with Crippen molar-refractivity contribution in [1.29, 1.82) is 0 Å². The van der Waals surface area contributed by atoms with Gasteiger partial charge in [0.05, 0.1) is 6.33 Å². The Morgan fingerprint density at radius 2 is 2.39 bits per heavy atom. The molecule has 2 rings (SSSR count). The van der Waals surface area contributed by atoms with Crippen LogP contribution in [0.2, 0.25) is 0 Å². The Kier molecular flexibility index (Phi) is 5.08. The summed E-state index contributed by atoms with van der Waals surface area (Å²) < 4.78 is 21.8. The summed E-state index contributed by atoms with van der Waals surface area (Å²) >= 11 is 0. The molecule has 23 heavy (non-hydrogen) atoms. The number of rotatable bonds is 7. The van der Waals surface area contributed by atoms with E-state index >= 15 is 0 Å². The lowest BCUT2D eigenvalue weighted by molar-refractivity contribution is -0.217. The number of aromatic nitrogens is 4. The topological polar surface area (TPSA) is 137 Å². The fourth-order valence-electron chi connectivity index (χ4n) is 1.94. The maximum atomic E-state index is 10.4. The predicted octanol–water partition coefficient (Wildman–Crippen LogP) is 0.530. The molecule has 0 saturated carbocycles. The van der Waals surface area contributed by atoms with Crippen molar-refractivity contribution in [2.24, 2.45) is 0 Å². The summed E-state index contributed by atoms with van der Waals surface area (Å²) in [6.45, 7) is 1.15. The van der Waals surface area contributed by atoms with Crippen molar-refractivity contribution in [1.82, 2.24) is 19.5 Å². The van der Waals surface area contributed by atoms with Crippen molar-refractivity contribution in [3.05, 3.63) is 6.33 Å². The summed E-state index contributed by atoms with van der Waals surface area (Å²) in [6, 6.07) is 0. The summed E-state index contributed by atoms with van der Waals surface area (Å²) in [4.78, 5) is 12.3. The molecule has 2 aromatic rings. The Balaban J connectivity index is 2.35. The second kappa shape index (κ2) is 6.85. The number of fused-ring (bicyclic) bond motifs is 1. The van der Waals surface area contributed by atoms with Gasteiger partial charge in [-0.1, -0.05) is 0 Å². The molecule has 2 heterocycles. The number of hydrogen-bond acceptors (Lipinski definition) is 9. The lowest BCUT2D eigenvalue weighted by Crippen LogP contribution is -2.37. The van der Waals surface area contributed by atoms with Crippen LogP contribution in [0.15, 0.2) is 6.33 Å². The van der Waals surface area contributed by atoms with Crippen molar-refractivity contribution >= 4 is 31.6 Å². The first-order valence-corrected chi connectivity index (χ1v) is 7.17. The van der Waals surface area contributed by atoms with Crippen LogP contribution in [-0.4, -0.2) is 44.1 Å². The zero-order valence-electron chi connectivity index (χ0n) is 12.4. The maximum Gasteiger partial charge on any atom is 0.327 e. The smallest absolute Gasteiger partial charge is 0.327 e. The molecule has 0 aliphatic heterocycles. The molecule has 2 atom stereocenters. The lowest BCUT2D eigenvalue weighted by atomic mass is 10.3. The van der Waals surface area contributed by atoms with Crippen LogP contribution < -0.4 is 11.1 Å². The van der Waals surface area contributed by atoms with E-state index in [2.05, 4.69) is 24.8 Å². The molecule has 0 unspecified atom stereocenters. The normalized spacial score (nSPS) is 15.2. The molecule has 0 amide bonds. The van der Waals surface area contributed by atoms with Crippen LogP contribution in [0.4, 0.5) is 11.8 Å². The highest BCUT2D eigenvalue weighted by Gasteiger charge is 2.30. The molecule has 10 nitrogen and oxygen atoms in total. The van der Waals surface area contributed by atoms with Crippen LogP contribution in [0.1, 0.15) is 13.2 Å². The van der Waals surface area contributed by atoms with Gasteiger partial charge in [0.1, 0.15) is 12.8 Å². The number of nitrogen functional groups attached to an aromatic ring is 1. The highest BCUT2D eigenvalue weighted by molar-refractivity contribution is 7.17. The van der Waals surface area contributed by atoms with E-state index in [4.69, 9.17) is 16.9 Å². The van der Waals surface area contributed by atoms with Gasteiger partial charge in [0.2, 0.25) is 5.95 Å². The molecule has 0 aromatic carbocycles. The first-order chi connectivity index (χ1) is 10.9. The molecule has 0 saturated heterocycles. The fraction of sp³-hybridized carbons (Fsp3) is 0.417. The van der Waals surface area contributed by atoms with Gasteiger partial charge in [0.15, 0.2) is 17.0 Å². The van der Waals surface area contributed by atoms with Gasteiger partial charge < -0.3 is 20.9 Å². The van der Waals surface area contributed by atoms with Gasteiger partial charge in [-0.2, -0.15) is 9.97 Å². The maximum absolute atomic E-state index is 10.4. The largest absolute Gasteiger partial charge is 0.371 e. The van der Waals surface area contributed by atoms with E-state index in [1.165, 1.54) is 10.9 Å². The average Bonchev–Trinajstić information content (AvgIpc) is 2.95. The number of ether oxygens (including phenoxy) is 1. The van der Waals surface area contributed by atoms with Crippen LogP contribution in [0.5, 0.6) is 0 Å². The van der Waals surface area contributed by atoms with E-state index in [1.807, 2.05) is 5.92 Å². The first kappa shape index (κ1) is 17.1. The quantitative estimate of drug-likeness (QED) is 0.375. The minimum Gasteiger partial charge on any atom is -0.371 e. The van der Waals surface area contributed by atoms with Crippen LogP contribution in [0, 0.1) is 12.3 Å². The monoisotopic (exact) mass is 338 g/mol. The number of aliphatic hydroxyl groups is 1. The van der Waals surface area contributed by atoms with Gasteiger partial charge in [-0.05, 0) is 12.8 Å². The second-order valence-electron chi connectivity index (χ2n) is 4.50. The van der Waals surface area contributed by atoms with E-state index in [-0.39, 0.29) is 5.95 Å². The Hall–Kier alpha value is -2.31. The van der Waals surface area contributed by atoms with Gasteiger partial charge >= 0.3 is 8.69 Å². The summed E-state index contributed by atoms with van der Waals surface area (Å²) in [5.41, 5.74) is 6.55. The Bertz CT molecular complexity index is 760. The summed E-state index contributed by atoms with van der Waals surface area (Å²) in [6.07, 6.45) is 5.94. The van der Waals surface area contributed by atoms with Crippen molar-refractivity contribution in [3.8, 4) is 12.3 Å². The van der Waals surface area contributed by atoms with E-state index in [0.717, 1.165) is 0 Å². The minimum absolute atomic E-state index is 0.0523. The van der Waals surface area contributed by atoms with Crippen molar-refractivity contribution in [3.63, 3.8) is 0 Å². The molecule has 0 bridgehead atoms. The summed E-state index contributed by atoms with van der Waals surface area (Å²) in [7, 11) is 1.06. The Morgan fingerprint density at radius 3 is 3.00 bits per heavy atom. The van der Waals surface area contributed by atoms with Crippen LogP contribution in [0.25, 0.3) is 11.2 Å². The minimum atomic E-state index is -2.06. The molecular formula is C12H15N6O4P. The number of anilines is 2. The molecule has 4 N–H and O–H groups in total. The summed E-state index contributed by atoms with van der Waals surface area (Å²) in [5, 5.41) is 13.0. The fourth-order valence-corrected chi connectivity index (χ4v) is 2.16. The Labute approximate surface area is 133 Å². The predicted molar refractivity (Wildman–Crippen MR) is 82.4 cm³/mol. The number of imidazole rings is 1. The SMILES string of the molecule is C#C[C@@](O)(COP=O)O[C@H](C)n1cnc2c(NC)nc(N)nc21. The van der Waals surface area contributed by atoms with Gasteiger partial charge in [0, 0.05) is 7.05 Å². The summed E-state index contributed by atoms with van der Waals surface area (Å²) in [5.74, 6) is 0.502. The number of hydrogen-bond donors (Lipinski definition) is 3. The molecule has 2 aromatic heterocycles. The Morgan fingerprint density at radius 1 is 1.65 bits per heavy atom. The highest BCUT2D eigenvalue weighted by Crippen LogP contribution is 2.25. The molecule has 11 heteroatoms.